The SMILES string of the molecule is CCNc1cc(OCc2cccc(Cl)c2)ccn1. The lowest BCUT2D eigenvalue weighted by Crippen LogP contribution is -2.00. The van der Waals surface area contributed by atoms with Gasteiger partial charge in [-0.2, -0.15) is 0 Å². The molecule has 18 heavy (non-hydrogen) atoms. The first-order valence-corrected chi connectivity index (χ1v) is 6.23. The van der Waals surface area contributed by atoms with Crippen LogP contribution in [0.25, 0.3) is 0 Å². The van der Waals surface area contributed by atoms with Gasteiger partial charge in [0.2, 0.25) is 0 Å². The molecule has 1 aromatic carbocycles. The largest absolute Gasteiger partial charge is 0.489 e. The second-order valence-electron chi connectivity index (χ2n) is 3.83. The van der Waals surface area contributed by atoms with Crippen LogP contribution in [0.5, 0.6) is 5.75 Å². The molecule has 1 heterocycles. The lowest BCUT2D eigenvalue weighted by Gasteiger charge is -2.08. The molecule has 0 bridgehead atoms. The number of anilines is 1. The lowest BCUT2D eigenvalue weighted by molar-refractivity contribution is 0.306. The zero-order valence-electron chi connectivity index (χ0n) is 10.2. The molecule has 0 aliphatic carbocycles. The van der Waals surface area contributed by atoms with E-state index in [9.17, 15) is 0 Å². The number of halogens is 1. The van der Waals surface area contributed by atoms with Gasteiger partial charge in [-0.05, 0) is 30.7 Å². The predicted molar refractivity (Wildman–Crippen MR) is 74.2 cm³/mol. The number of pyridine rings is 1. The molecule has 2 aromatic rings. The Morgan fingerprint density at radius 1 is 1.28 bits per heavy atom. The van der Waals surface area contributed by atoms with Crippen LogP contribution in [0.15, 0.2) is 42.6 Å². The van der Waals surface area contributed by atoms with Gasteiger partial charge in [0, 0.05) is 23.8 Å². The molecule has 1 aromatic heterocycles. The molecule has 0 fully saturated rings. The van der Waals surface area contributed by atoms with Gasteiger partial charge in [-0.15, -0.1) is 0 Å². The Kier molecular flexibility index (Phi) is 4.42. The van der Waals surface area contributed by atoms with E-state index >= 15 is 0 Å². The minimum Gasteiger partial charge on any atom is -0.489 e. The Morgan fingerprint density at radius 2 is 2.17 bits per heavy atom. The van der Waals surface area contributed by atoms with Crippen molar-refractivity contribution in [2.45, 2.75) is 13.5 Å². The zero-order chi connectivity index (χ0) is 12.8. The van der Waals surface area contributed by atoms with Gasteiger partial charge in [0.15, 0.2) is 0 Å². The summed E-state index contributed by atoms with van der Waals surface area (Å²) in [5, 5.41) is 3.86. The highest BCUT2D eigenvalue weighted by molar-refractivity contribution is 6.30. The first kappa shape index (κ1) is 12.7. The van der Waals surface area contributed by atoms with Crippen LogP contribution in [0.4, 0.5) is 5.82 Å². The highest BCUT2D eigenvalue weighted by Gasteiger charge is 1.99. The van der Waals surface area contributed by atoms with E-state index < -0.39 is 0 Å². The highest BCUT2D eigenvalue weighted by Crippen LogP contribution is 2.17. The molecule has 0 unspecified atom stereocenters. The van der Waals surface area contributed by atoms with E-state index in [0.29, 0.717) is 6.61 Å². The van der Waals surface area contributed by atoms with Gasteiger partial charge in [0.25, 0.3) is 0 Å². The van der Waals surface area contributed by atoms with Gasteiger partial charge in [-0.3, -0.25) is 0 Å². The fraction of sp³-hybridized carbons (Fsp3) is 0.214. The zero-order valence-corrected chi connectivity index (χ0v) is 10.9. The lowest BCUT2D eigenvalue weighted by atomic mass is 10.2. The Bertz CT molecular complexity index is 517. The average Bonchev–Trinajstić information content (AvgIpc) is 2.37. The van der Waals surface area contributed by atoms with E-state index in [1.807, 2.05) is 43.3 Å². The van der Waals surface area contributed by atoms with Crippen LogP contribution in [-0.2, 0) is 6.61 Å². The van der Waals surface area contributed by atoms with E-state index in [-0.39, 0.29) is 0 Å². The number of nitrogens with zero attached hydrogens (tertiary/aromatic N) is 1. The number of nitrogens with one attached hydrogen (secondary N) is 1. The molecular weight excluding hydrogens is 248 g/mol. The van der Waals surface area contributed by atoms with E-state index in [1.165, 1.54) is 0 Å². The number of hydrogen-bond acceptors (Lipinski definition) is 3. The monoisotopic (exact) mass is 262 g/mol. The summed E-state index contributed by atoms with van der Waals surface area (Å²) in [6.07, 6.45) is 1.73. The Morgan fingerprint density at radius 3 is 2.94 bits per heavy atom. The van der Waals surface area contributed by atoms with E-state index in [2.05, 4.69) is 10.3 Å². The molecule has 94 valence electrons. The summed E-state index contributed by atoms with van der Waals surface area (Å²) in [4.78, 5) is 4.19. The normalized spacial score (nSPS) is 10.1. The molecule has 0 amide bonds. The fourth-order valence-corrected chi connectivity index (χ4v) is 1.79. The highest BCUT2D eigenvalue weighted by atomic mass is 35.5. The number of benzene rings is 1. The predicted octanol–water partition coefficient (Wildman–Crippen LogP) is 3.75. The van der Waals surface area contributed by atoms with Crippen molar-refractivity contribution in [2.24, 2.45) is 0 Å². The quantitative estimate of drug-likeness (QED) is 0.891. The smallest absolute Gasteiger partial charge is 0.129 e. The third-order valence-corrected chi connectivity index (χ3v) is 2.62. The molecule has 3 nitrogen and oxygen atoms in total. The fourth-order valence-electron chi connectivity index (χ4n) is 1.57. The molecule has 0 aliphatic rings. The van der Waals surface area contributed by atoms with Crippen LogP contribution in [-0.4, -0.2) is 11.5 Å². The number of aromatic nitrogens is 1. The second-order valence-corrected chi connectivity index (χ2v) is 4.26. The summed E-state index contributed by atoms with van der Waals surface area (Å²) in [5.74, 6) is 1.61. The molecular formula is C14H15ClN2O. The minimum absolute atomic E-state index is 0.496. The first-order chi connectivity index (χ1) is 8.78. The van der Waals surface area contributed by atoms with Crippen molar-refractivity contribution in [2.75, 3.05) is 11.9 Å². The van der Waals surface area contributed by atoms with Gasteiger partial charge in [-0.1, -0.05) is 23.7 Å². The summed E-state index contributed by atoms with van der Waals surface area (Å²) in [5.41, 5.74) is 1.05. The van der Waals surface area contributed by atoms with Crippen molar-refractivity contribution < 1.29 is 4.74 Å². The average molecular weight is 263 g/mol. The molecule has 0 radical (unpaired) electrons. The van der Waals surface area contributed by atoms with Crippen molar-refractivity contribution in [1.82, 2.24) is 4.98 Å². The molecule has 0 saturated carbocycles. The summed E-state index contributed by atoms with van der Waals surface area (Å²) < 4.78 is 5.70. The standard InChI is InChI=1S/C14H15ClN2O/c1-2-16-14-9-13(6-7-17-14)18-10-11-4-3-5-12(15)8-11/h3-9H,2,10H2,1H3,(H,16,17). The van der Waals surface area contributed by atoms with Gasteiger partial charge in [0.1, 0.15) is 18.2 Å². The maximum Gasteiger partial charge on any atom is 0.129 e. The number of ether oxygens (including phenoxy) is 1. The van der Waals surface area contributed by atoms with Gasteiger partial charge in [-0.25, -0.2) is 4.98 Å². The van der Waals surface area contributed by atoms with Gasteiger partial charge in [0.05, 0.1) is 0 Å². The molecule has 0 aliphatic heterocycles. The Labute approximate surface area is 112 Å². The topological polar surface area (TPSA) is 34.1 Å². The Balaban J connectivity index is 1.99. The molecule has 0 saturated heterocycles. The van der Waals surface area contributed by atoms with Crippen molar-refractivity contribution in [1.29, 1.82) is 0 Å². The van der Waals surface area contributed by atoms with E-state index in [0.717, 1.165) is 28.7 Å². The summed E-state index contributed by atoms with van der Waals surface area (Å²) in [7, 11) is 0. The van der Waals surface area contributed by atoms with Crippen LogP contribution < -0.4 is 10.1 Å². The maximum absolute atomic E-state index is 5.92. The molecule has 4 heteroatoms. The summed E-state index contributed by atoms with van der Waals surface area (Å²) in [6.45, 7) is 3.36. The summed E-state index contributed by atoms with van der Waals surface area (Å²) in [6, 6.07) is 11.4. The second kappa shape index (κ2) is 6.26. The van der Waals surface area contributed by atoms with Crippen molar-refractivity contribution in [3.63, 3.8) is 0 Å². The third kappa shape index (κ3) is 3.64. The molecule has 0 spiro atoms. The first-order valence-electron chi connectivity index (χ1n) is 5.85. The molecule has 2 rings (SSSR count). The molecule has 1 N–H and O–H groups in total. The third-order valence-electron chi connectivity index (χ3n) is 2.38. The van der Waals surface area contributed by atoms with Crippen LogP contribution >= 0.6 is 11.6 Å². The van der Waals surface area contributed by atoms with Crippen LogP contribution in [0.1, 0.15) is 12.5 Å². The van der Waals surface area contributed by atoms with Crippen molar-refractivity contribution in [3.05, 3.63) is 53.2 Å². The van der Waals surface area contributed by atoms with Crippen molar-refractivity contribution in [3.8, 4) is 5.75 Å². The van der Waals surface area contributed by atoms with Gasteiger partial charge >= 0.3 is 0 Å². The minimum atomic E-state index is 0.496. The van der Waals surface area contributed by atoms with Gasteiger partial charge < -0.3 is 10.1 Å². The summed E-state index contributed by atoms with van der Waals surface area (Å²) >= 11 is 5.92. The maximum atomic E-state index is 5.92. The molecule has 0 atom stereocenters. The van der Waals surface area contributed by atoms with Crippen LogP contribution in [0, 0.1) is 0 Å². The van der Waals surface area contributed by atoms with Crippen LogP contribution in [0.2, 0.25) is 5.02 Å². The Hall–Kier alpha value is -1.74. The number of rotatable bonds is 5. The number of hydrogen-bond donors (Lipinski definition) is 1. The van der Waals surface area contributed by atoms with Crippen molar-refractivity contribution >= 4 is 17.4 Å². The van der Waals surface area contributed by atoms with Crippen LogP contribution in [0.3, 0.4) is 0 Å². The van der Waals surface area contributed by atoms with E-state index in [4.69, 9.17) is 16.3 Å². The van der Waals surface area contributed by atoms with E-state index in [1.54, 1.807) is 6.20 Å².